The molecular formula is C23H25N5O3. The van der Waals surface area contributed by atoms with Gasteiger partial charge in [-0.3, -0.25) is 4.79 Å². The van der Waals surface area contributed by atoms with E-state index in [-0.39, 0.29) is 12.5 Å². The number of hydrogen-bond acceptors (Lipinski definition) is 7. The van der Waals surface area contributed by atoms with Gasteiger partial charge >= 0.3 is 0 Å². The van der Waals surface area contributed by atoms with Crippen LogP contribution in [0.5, 0.6) is 5.75 Å². The van der Waals surface area contributed by atoms with Crippen molar-refractivity contribution in [2.45, 2.75) is 25.7 Å². The summed E-state index contributed by atoms with van der Waals surface area (Å²) in [4.78, 5) is 25.6. The summed E-state index contributed by atoms with van der Waals surface area (Å²) in [5.41, 5.74) is 1.96. The third-order valence-corrected chi connectivity index (χ3v) is 5.68. The number of carbonyl (C=O) groups excluding carboxylic acids is 1. The van der Waals surface area contributed by atoms with E-state index in [9.17, 15) is 4.79 Å². The van der Waals surface area contributed by atoms with E-state index in [1.54, 1.807) is 6.20 Å². The Hall–Kier alpha value is -3.42. The molecule has 1 saturated carbocycles. The number of anilines is 1. The van der Waals surface area contributed by atoms with Gasteiger partial charge in [0.15, 0.2) is 6.61 Å². The summed E-state index contributed by atoms with van der Waals surface area (Å²) in [6, 6.07) is 11.7. The van der Waals surface area contributed by atoms with E-state index < -0.39 is 0 Å². The third-order valence-electron chi connectivity index (χ3n) is 5.68. The van der Waals surface area contributed by atoms with Crippen LogP contribution in [0.1, 0.15) is 30.2 Å². The van der Waals surface area contributed by atoms with Crippen molar-refractivity contribution in [2.24, 2.45) is 0 Å². The zero-order valence-corrected chi connectivity index (χ0v) is 17.5. The summed E-state index contributed by atoms with van der Waals surface area (Å²) in [7, 11) is 0. The minimum atomic E-state index is 0.00744. The quantitative estimate of drug-likeness (QED) is 0.607. The summed E-state index contributed by atoms with van der Waals surface area (Å²) in [6.45, 7) is 4.82. The molecule has 160 valence electrons. The fraction of sp³-hybridized carbons (Fsp3) is 0.391. The summed E-state index contributed by atoms with van der Waals surface area (Å²) < 4.78 is 11.0. The number of aromatic nitrogens is 3. The number of piperazine rings is 1. The van der Waals surface area contributed by atoms with Gasteiger partial charge in [-0.15, -0.1) is 0 Å². The van der Waals surface area contributed by atoms with E-state index >= 15 is 0 Å². The Morgan fingerprint density at radius 2 is 2.00 bits per heavy atom. The van der Waals surface area contributed by atoms with E-state index in [1.807, 2.05) is 48.2 Å². The van der Waals surface area contributed by atoms with Crippen molar-refractivity contribution in [1.82, 2.24) is 20.0 Å². The Kier molecular flexibility index (Phi) is 5.28. The number of rotatable bonds is 6. The fourth-order valence-corrected chi connectivity index (χ4v) is 3.68. The van der Waals surface area contributed by atoms with Crippen LogP contribution >= 0.6 is 0 Å². The molecule has 0 atom stereocenters. The average molecular weight is 419 g/mol. The highest BCUT2D eigenvalue weighted by molar-refractivity contribution is 5.78. The molecular weight excluding hydrogens is 394 g/mol. The number of carbonyl (C=O) groups is 1. The predicted octanol–water partition coefficient (Wildman–Crippen LogP) is 3.05. The first-order valence-corrected chi connectivity index (χ1v) is 10.7. The Morgan fingerprint density at radius 1 is 1.16 bits per heavy atom. The molecule has 1 aliphatic heterocycles. The van der Waals surface area contributed by atoms with Crippen molar-refractivity contribution < 1.29 is 14.1 Å². The van der Waals surface area contributed by atoms with Gasteiger partial charge in [0, 0.05) is 43.9 Å². The van der Waals surface area contributed by atoms with E-state index in [2.05, 4.69) is 20.0 Å². The van der Waals surface area contributed by atoms with Crippen LogP contribution in [-0.4, -0.2) is 58.7 Å². The predicted molar refractivity (Wildman–Crippen MR) is 115 cm³/mol. The van der Waals surface area contributed by atoms with Crippen molar-refractivity contribution in [3.63, 3.8) is 0 Å². The Bertz CT molecular complexity index is 1050. The van der Waals surface area contributed by atoms with Crippen LogP contribution in [0.15, 0.2) is 47.1 Å². The van der Waals surface area contributed by atoms with Crippen LogP contribution in [0.4, 0.5) is 5.82 Å². The lowest BCUT2D eigenvalue weighted by Crippen LogP contribution is -2.50. The lowest BCUT2D eigenvalue weighted by molar-refractivity contribution is -0.133. The molecule has 1 amide bonds. The van der Waals surface area contributed by atoms with E-state index in [4.69, 9.17) is 9.26 Å². The molecule has 0 radical (unpaired) electrons. The molecule has 1 saturated heterocycles. The van der Waals surface area contributed by atoms with E-state index in [0.717, 1.165) is 54.5 Å². The molecule has 8 heteroatoms. The van der Waals surface area contributed by atoms with Crippen molar-refractivity contribution >= 4 is 11.7 Å². The highest BCUT2D eigenvalue weighted by Crippen LogP contribution is 2.39. The standard InChI is InChI=1S/C23H25N5O3/c1-16-3-2-4-19(13-16)30-15-21(29)28-11-9-27(10-12-28)20-8-7-18(14-24-20)22-25-23(31-26-22)17-5-6-17/h2-4,7-8,13-14,17H,5-6,9-12,15H2,1H3. The smallest absolute Gasteiger partial charge is 0.260 e. The van der Waals surface area contributed by atoms with Crippen LogP contribution < -0.4 is 9.64 Å². The van der Waals surface area contributed by atoms with Crippen LogP contribution in [0.25, 0.3) is 11.4 Å². The number of nitrogens with zero attached hydrogens (tertiary/aromatic N) is 5. The minimum Gasteiger partial charge on any atom is -0.484 e. The van der Waals surface area contributed by atoms with Crippen molar-refractivity contribution in [3.8, 4) is 17.1 Å². The molecule has 8 nitrogen and oxygen atoms in total. The molecule has 2 fully saturated rings. The summed E-state index contributed by atoms with van der Waals surface area (Å²) in [5, 5.41) is 4.07. The van der Waals surface area contributed by atoms with Gasteiger partial charge in [-0.2, -0.15) is 4.98 Å². The average Bonchev–Trinajstić information content (AvgIpc) is 3.54. The zero-order chi connectivity index (χ0) is 21.2. The minimum absolute atomic E-state index is 0.00744. The first-order valence-electron chi connectivity index (χ1n) is 10.7. The molecule has 0 N–H and O–H groups in total. The number of hydrogen-bond donors (Lipinski definition) is 0. The maximum atomic E-state index is 12.5. The first-order chi connectivity index (χ1) is 15.2. The van der Waals surface area contributed by atoms with Gasteiger partial charge in [-0.25, -0.2) is 4.98 Å². The van der Waals surface area contributed by atoms with Crippen LogP contribution in [0, 0.1) is 6.92 Å². The van der Waals surface area contributed by atoms with Crippen molar-refractivity contribution in [1.29, 1.82) is 0 Å². The largest absolute Gasteiger partial charge is 0.484 e. The molecule has 3 heterocycles. The second kappa shape index (κ2) is 8.37. The Balaban J connectivity index is 1.13. The maximum Gasteiger partial charge on any atom is 0.260 e. The monoisotopic (exact) mass is 419 g/mol. The molecule has 2 aliphatic rings. The molecule has 0 bridgehead atoms. The molecule has 0 spiro atoms. The number of ether oxygens (including phenoxy) is 1. The van der Waals surface area contributed by atoms with E-state index in [0.29, 0.717) is 24.8 Å². The van der Waals surface area contributed by atoms with E-state index in [1.165, 1.54) is 0 Å². The topological polar surface area (TPSA) is 84.6 Å². The lowest BCUT2D eigenvalue weighted by Gasteiger charge is -2.35. The highest BCUT2D eigenvalue weighted by Gasteiger charge is 2.30. The molecule has 5 rings (SSSR count). The summed E-state index contributed by atoms with van der Waals surface area (Å²) in [5.74, 6) is 3.37. The number of aryl methyl sites for hydroxylation is 1. The molecule has 2 aromatic heterocycles. The SMILES string of the molecule is Cc1cccc(OCC(=O)N2CCN(c3ccc(-c4noc(C5CC5)n4)cn3)CC2)c1. The maximum absolute atomic E-state index is 12.5. The van der Waals surface area contributed by atoms with Crippen LogP contribution in [-0.2, 0) is 4.79 Å². The highest BCUT2D eigenvalue weighted by atomic mass is 16.5. The van der Waals surface area contributed by atoms with Gasteiger partial charge in [0.25, 0.3) is 5.91 Å². The number of pyridine rings is 1. The molecule has 1 aromatic carbocycles. The van der Waals surface area contributed by atoms with Crippen LogP contribution in [0.2, 0.25) is 0 Å². The fourth-order valence-electron chi connectivity index (χ4n) is 3.68. The van der Waals surface area contributed by atoms with Gasteiger partial charge in [0.1, 0.15) is 11.6 Å². The molecule has 3 aromatic rings. The van der Waals surface area contributed by atoms with Gasteiger partial charge in [-0.1, -0.05) is 17.3 Å². The van der Waals surface area contributed by atoms with Crippen molar-refractivity contribution in [2.75, 3.05) is 37.7 Å². The molecule has 1 aliphatic carbocycles. The number of amides is 1. The first kappa shape index (κ1) is 19.5. The normalized spacial score (nSPS) is 16.4. The lowest BCUT2D eigenvalue weighted by atomic mass is 10.2. The van der Waals surface area contributed by atoms with Gasteiger partial charge in [0.05, 0.1) is 0 Å². The molecule has 31 heavy (non-hydrogen) atoms. The third kappa shape index (κ3) is 4.52. The second-order valence-electron chi connectivity index (χ2n) is 8.11. The molecule has 0 unspecified atom stereocenters. The van der Waals surface area contributed by atoms with Crippen LogP contribution in [0.3, 0.4) is 0 Å². The Labute approximate surface area is 180 Å². The summed E-state index contributed by atoms with van der Waals surface area (Å²) >= 11 is 0. The number of benzene rings is 1. The zero-order valence-electron chi connectivity index (χ0n) is 17.5. The Morgan fingerprint density at radius 3 is 2.71 bits per heavy atom. The van der Waals surface area contributed by atoms with Crippen molar-refractivity contribution in [3.05, 3.63) is 54.0 Å². The van der Waals surface area contributed by atoms with Gasteiger partial charge in [0.2, 0.25) is 11.7 Å². The second-order valence-corrected chi connectivity index (χ2v) is 8.11. The van der Waals surface area contributed by atoms with Gasteiger partial charge in [-0.05, 0) is 49.6 Å². The summed E-state index contributed by atoms with van der Waals surface area (Å²) in [6.07, 6.45) is 4.04. The van der Waals surface area contributed by atoms with Gasteiger partial charge < -0.3 is 19.1 Å².